The maximum atomic E-state index is 11.6. The number of aromatic amines is 1. The number of H-pyrrole nitrogens is 1. The smallest absolute Gasteiger partial charge is 0.219 e. The van der Waals surface area contributed by atoms with E-state index in [1.807, 2.05) is 4.52 Å². The average Bonchev–Trinajstić information content (AvgIpc) is 3.47. The van der Waals surface area contributed by atoms with E-state index in [2.05, 4.69) is 71.6 Å². The van der Waals surface area contributed by atoms with Gasteiger partial charge in [-0.1, -0.05) is 19.9 Å². The van der Waals surface area contributed by atoms with E-state index in [0.29, 0.717) is 24.2 Å². The van der Waals surface area contributed by atoms with Crippen molar-refractivity contribution in [3.63, 3.8) is 0 Å². The monoisotopic (exact) mass is 457 g/mol. The highest BCUT2D eigenvalue weighted by molar-refractivity contribution is 5.92. The minimum absolute atomic E-state index is 0.162. The molecule has 1 aliphatic carbocycles. The second-order valence-corrected chi connectivity index (χ2v) is 10.2. The molecule has 1 fully saturated rings. The van der Waals surface area contributed by atoms with Crippen LogP contribution in [-0.4, -0.2) is 32.5 Å². The van der Waals surface area contributed by atoms with Crippen molar-refractivity contribution in [2.75, 3.05) is 7.05 Å². The first-order chi connectivity index (χ1) is 16.4. The minimum atomic E-state index is 0.162. The molecule has 34 heavy (non-hydrogen) atoms. The Balaban J connectivity index is 1.43. The molecule has 1 aromatic carbocycles. The first kappa shape index (κ1) is 22.6. The molecule has 1 saturated carbocycles. The van der Waals surface area contributed by atoms with Crippen molar-refractivity contribution in [1.82, 2.24) is 24.9 Å². The predicted molar refractivity (Wildman–Crippen MR) is 137 cm³/mol. The Morgan fingerprint density at radius 2 is 2.00 bits per heavy atom. The Morgan fingerprint density at radius 1 is 1.21 bits per heavy atom. The maximum Gasteiger partial charge on any atom is 0.219 e. The number of benzene rings is 1. The lowest BCUT2D eigenvalue weighted by Crippen LogP contribution is -2.20. The number of aryl methyl sites for hydroxylation is 1. The summed E-state index contributed by atoms with van der Waals surface area (Å²) in [7, 11) is 1.72. The van der Waals surface area contributed by atoms with E-state index < -0.39 is 0 Å². The van der Waals surface area contributed by atoms with Gasteiger partial charge in [0.2, 0.25) is 5.91 Å². The fourth-order valence-corrected chi connectivity index (χ4v) is 5.79. The number of hydrogen-bond acceptors (Lipinski definition) is 3. The van der Waals surface area contributed by atoms with Crippen LogP contribution < -0.4 is 5.32 Å². The van der Waals surface area contributed by atoms with Crippen LogP contribution in [0.1, 0.15) is 80.9 Å². The zero-order valence-electron chi connectivity index (χ0n) is 20.7. The van der Waals surface area contributed by atoms with Gasteiger partial charge in [-0.25, -0.2) is 9.50 Å². The van der Waals surface area contributed by atoms with Gasteiger partial charge in [-0.3, -0.25) is 4.79 Å². The SMILES string of the molecule is CNC(=O)CCC1CCC(c2ccc3[nH]c(-c4cc(C)c5ncnn5c4)c(C(C)C)c3c2)CC1. The van der Waals surface area contributed by atoms with Gasteiger partial charge in [0.1, 0.15) is 6.33 Å². The lowest BCUT2D eigenvalue weighted by atomic mass is 9.77. The third-order valence-corrected chi connectivity index (χ3v) is 7.66. The van der Waals surface area contributed by atoms with Gasteiger partial charge in [0.15, 0.2) is 5.65 Å². The molecule has 2 N–H and O–H groups in total. The average molecular weight is 458 g/mol. The number of amides is 1. The van der Waals surface area contributed by atoms with Crippen LogP contribution >= 0.6 is 0 Å². The molecule has 1 amide bonds. The van der Waals surface area contributed by atoms with E-state index in [9.17, 15) is 4.79 Å². The molecule has 0 radical (unpaired) electrons. The van der Waals surface area contributed by atoms with Crippen molar-refractivity contribution in [1.29, 1.82) is 0 Å². The normalized spacial score (nSPS) is 18.7. The summed E-state index contributed by atoms with van der Waals surface area (Å²) in [5.74, 6) is 1.84. The van der Waals surface area contributed by atoms with E-state index in [0.717, 1.165) is 23.2 Å². The van der Waals surface area contributed by atoms with Crippen LogP contribution in [0.4, 0.5) is 0 Å². The Kier molecular flexibility index (Phi) is 6.15. The molecule has 1 aliphatic rings. The number of pyridine rings is 1. The molecule has 0 spiro atoms. The molecule has 4 aromatic rings. The second-order valence-electron chi connectivity index (χ2n) is 10.2. The molecular weight excluding hydrogens is 422 g/mol. The molecule has 0 saturated heterocycles. The van der Waals surface area contributed by atoms with Gasteiger partial charge >= 0.3 is 0 Å². The van der Waals surface area contributed by atoms with Crippen LogP contribution in [0.3, 0.4) is 0 Å². The summed E-state index contributed by atoms with van der Waals surface area (Å²) < 4.78 is 1.87. The number of aromatic nitrogens is 4. The topological polar surface area (TPSA) is 75.1 Å². The minimum Gasteiger partial charge on any atom is -0.359 e. The van der Waals surface area contributed by atoms with Crippen molar-refractivity contribution in [3.05, 3.63) is 53.5 Å². The van der Waals surface area contributed by atoms with E-state index in [1.54, 1.807) is 13.4 Å². The summed E-state index contributed by atoms with van der Waals surface area (Å²) in [6.45, 7) is 6.64. The quantitative estimate of drug-likeness (QED) is 0.367. The molecule has 178 valence electrons. The number of carbonyl (C=O) groups excluding carboxylic acids is 1. The summed E-state index contributed by atoms with van der Waals surface area (Å²) in [6, 6.07) is 9.22. The van der Waals surface area contributed by atoms with Crippen LogP contribution in [0, 0.1) is 12.8 Å². The van der Waals surface area contributed by atoms with E-state index >= 15 is 0 Å². The van der Waals surface area contributed by atoms with Crippen LogP contribution in [-0.2, 0) is 4.79 Å². The molecule has 3 aromatic heterocycles. The van der Waals surface area contributed by atoms with Gasteiger partial charge in [0.25, 0.3) is 0 Å². The molecule has 5 rings (SSSR count). The Bertz CT molecular complexity index is 1320. The number of nitrogens with zero attached hydrogens (tertiary/aromatic N) is 3. The number of fused-ring (bicyclic) bond motifs is 2. The van der Waals surface area contributed by atoms with Crippen molar-refractivity contribution in [3.8, 4) is 11.3 Å². The maximum absolute atomic E-state index is 11.6. The zero-order chi connectivity index (χ0) is 23.8. The summed E-state index contributed by atoms with van der Waals surface area (Å²) in [6.07, 6.45) is 10.2. The van der Waals surface area contributed by atoms with Crippen LogP contribution in [0.2, 0.25) is 0 Å². The summed E-state index contributed by atoms with van der Waals surface area (Å²) in [4.78, 5) is 19.7. The standard InChI is InChI=1S/C28H35N5O/c1-17(2)26-23-14-21(20-8-5-19(6-9-20)7-12-25(34)29-4)10-11-24(23)32-27(26)22-13-18(3)28-30-16-31-33(28)15-22/h10-11,13-17,19-20,32H,5-9,12H2,1-4H3,(H,29,34). The second kappa shape index (κ2) is 9.24. The fraction of sp³-hybridized carbons (Fsp3) is 0.464. The number of rotatable bonds is 6. The summed E-state index contributed by atoms with van der Waals surface area (Å²) in [5.41, 5.74) is 8.37. The van der Waals surface area contributed by atoms with Crippen LogP contribution in [0.5, 0.6) is 0 Å². The molecule has 3 heterocycles. The van der Waals surface area contributed by atoms with Gasteiger partial charge in [-0.2, -0.15) is 5.10 Å². The van der Waals surface area contributed by atoms with Crippen LogP contribution in [0.15, 0.2) is 36.8 Å². The number of nitrogens with one attached hydrogen (secondary N) is 2. The third kappa shape index (κ3) is 4.22. The largest absolute Gasteiger partial charge is 0.359 e. The van der Waals surface area contributed by atoms with Crippen molar-refractivity contribution >= 4 is 22.5 Å². The summed E-state index contributed by atoms with van der Waals surface area (Å²) >= 11 is 0. The van der Waals surface area contributed by atoms with Gasteiger partial charge in [-0.05, 0) is 91.7 Å². The molecule has 0 unspecified atom stereocenters. The molecular formula is C28H35N5O. The predicted octanol–water partition coefficient (Wildman–Crippen LogP) is 6.11. The molecule has 6 nitrogen and oxygen atoms in total. The lowest BCUT2D eigenvalue weighted by molar-refractivity contribution is -0.120. The molecule has 0 bridgehead atoms. The molecule has 6 heteroatoms. The fourth-order valence-electron chi connectivity index (χ4n) is 5.79. The first-order valence-corrected chi connectivity index (χ1v) is 12.6. The Morgan fingerprint density at radius 3 is 2.74 bits per heavy atom. The van der Waals surface area contributed by atoms with Crippen molar-refractivity contribution in [2.45, 2.75) is 71.1 Å². The van der Waals surface area contributed by atoms with Gasteiger partial charge in [-0.15, -0.1) is 0 Å². The molecule has 0 atom stereocenters. The number of hydrogen-bond donors (Lipinski definition) is 2. The summed E-state index contributed by atoms with van der Waals surface area (Å²) in [5, 5.41) is 8.45. The van der Waals surface area contributed by atoms with Gasteiger partial charge in [0.05, 0.1) is 5.69 Å². The third-order valence-electron chi connectivity index (χ3n) is 7.66. The van der Waals surface area contributed by atoms with Gasteiger partial charge in [0, 0.05) is 36.1 Å². The van der Waals surface area contributed by atoms with Crippen LogP contribution in [0.25, 0.3) is 27.8 Å². The lowest BCUT2D eigenvalue weighted by Gasteiger charge is -2.29. The van der Waals surface area contributed by atoms with Crippen molar-refractivity contribution < 1.29 is 4.79 Å². The van der Waals surface area contributed by atoms with E-state index in [-0.39, 0.29) is 5.91 Å². The van der Waals surface area contributed by atoms with E-state index in [1.165, 1.54) is 53.4 Å². The first-order valence-electron chi connectivity index (χ1n) is 12.6. The molecule has 0 aliphatic heterocycles. The highest BCUT2D eigenvalue weighted by Crippen LogP contribution is 2.41. The Labute approximate surface area is 201 Å². The Hall–Kier alpha value is -3.15. The highest BCUT2D eigenvalue weighted by Gasteiger charge is 2.24. The zero-order valence-corrected chi connectivity index (χ0v) is 20.7. The van der Waals surface area contributed by atoms with Gasteiger partial charge < -0.3 is 10.3 Å². The van der Waals surface area contributed by atoms with E-state index in [4.69, 9.17) is 0 Å². The van der Waals surface area contributed by atoms with Crippen molar-refractivity contribution in [2.24, 2.45) is 5.92 Å². The number of carbonyl (C=O) groups is 1. The highest BCUT2D eigenvalue weighted by atomic mass is 16.1.